The van der Waals surface area contributed by atoms with Crippen LogP contribution in [0, 0.1) is 6.92 Å². The van der Waals surface area contributed by atoms with E-state index < -0.39 is 0 Å². The molecule has 0 amide bonds. The van der Waals surface area contributed by atoms with E-state index in [0.717, 1.165) is 11.1 Å². The Morgan fingerprint density at radius 2 is 1.32 bits per heavy atom. The molecule has 4 heteroatoms. The monoisotopic (exact) mass is 370 g/mol. The minimum absolute atomic E-state index is 0.179. The molecule has 0 saturated heterocycles. The quantitative estimate of drug-likeness (QED) is 0.492. The summed E-state index contributed by atoms with van der Waals surface area (Å²) in [7, 11) is 0. The number of hydrogen-bond acceptors (Lipinski definition) is 4. The van der Waals surface area contributed by atoms with Crippen molar-refractivity contribution in [2.45, 2.75) is 20.1 Å². The van der Waals surface area contributed by atoms with Crippen LogP contribution >= 0.6 is 0 Å². The Kier molecular flexibility index (Phi) is 4.72. The smallest absolute Gasteiger partial charge is 0.194 e. The van der Waals surface area contributed by atoms with Crippen molar-refractivity contribution in [1.82, 2.24) is 0 Å². The predicted octanol–water partition coefficient (Wildman–Crippen LogP) is 4.30. The fourth-order valence-electron chi connectivity index (χ4n) is 3.48. The molecule has 0 bridgehead atoms. The summed E-state index contributed by atoms with van der Waals surface area (Å²) in [6.45, 7) is 2.59. The highest BCUT2D eigenvalue weighted by Gasteiger charge is 2.30. The number of aldehydes is 1. The zero-order valence-corrected chi connectivity index (χ0v) is 15.4. The van der Waals surface area contributed by atoms with Crippen LogP contribution in [0.15, 0.2) is 60.7 Å². The molecule has 0 unspecified atom stereocenters. The third kappa shape index (κ3) is 3.08. The van der Waals surface area contributed by atoms with Gasteiger partial charge in [0.15, 0.2) is 11.6 Å². The standard InChI is InChI=1S/C24H18O4/c1-15-6-2-3-7-16(15)13-28-14-18-11-22-21(10-17(18)12-25)23(26)19-8-4-5-9-20(19)24(22)27/h2-12H,13-14H2,1H3. The first-order valence-electron chi connectivity index (χ1n) is 9.03. The fourth-order valence-corrected chi connectivity index (χ4v) is 3.48. The first kappa shape index (κ1) is 18.0. The molecule has 0 atom stereocenters. The van der Waals surface area contributed by atoms with Crippen LogP contribution in [0.5, 0.6) is 0 Å². The summed E-state index contributed by atoms with van der Waals surface area (Å²) < 4.78 is 5.80. The highest BCUT2D eigenvalue weighted by molar-refractivity contribution is 6.28. The van der Waals surface area contributed by atoms with E-state index in [1.54, 1.807) is 30.3 Å². The highest BCUT2D eigenvalue weighted by atomic mass is 16.5. The second-order valence-electron chi connectivity index (χ2n) is 6.84. The lowest BCUT2D eigenvalue weighted by Gasteiger charge is -2.19. The van der Waals surface area contributed by atoms with E-state index in [1.807, 2.05) is 31.2 Å². The molecule has 0 radical (unpaired) electrons. The van der Waals surface area contributed by atoms with Gasteiger partial charge in [0, 0.05) is 27.8 Å². The maximum atomic E-state index is 12.9. The Hall–Kier alpha value is -3.37. The molecule has 0 saturated carbocycles. The van der Waals surface area contributed by atoms with Gasteiger partial charge in [0.25, 0.3) is 0 Å². The van der Waals surface area contributed by atoms with Crippen molar-refractivity contribution in [1.29, 1.82) is 0 Å². The zero-order chi connectivity index (χ0) is 19.7. The molecule has 1 aliphatic rings. The molecule has 0 aliphatic heterocycles. The van der Waals surface area contributed by atoms with Crippen LogP contribution in [-0.2, 0) is 18.0 Å². The molecule has 0 spiro atoms. The van der Waals surface area contributed by atoms with Gasteiger partial charge >= 0.3 is 0 Å². The summed E-state index contributed by atoms with van der Waals surface area (Å²) >= 11 is 0. The van der Waals surface area contributed by atoms with Gasteiger partial charge in [-0.2, -0.15) is 0 Å². The van der Waals surface area contributed by atoms with Gasteiger partial charge in [0.1, 0.15) is 6.29 Å². The molecule has 4 nitrogen and oxygen atoms in total. The molecule has 28 heavy (non-hydrogen) atoms. The molecule has 0 aromatic heterocycles. The summed E-state index contributed by atoms with van der Waals surface area (Å²) in [6, 6.07) is 17.8. The molecule has 0 heterocycles. The molecule has 3 aromatic carbocycles. The minimum Gasteiger partial charge on any atom is -0.372 e. The van der Waals surface area contributed by atoms with Crippen LogP contribution in [0.4, 0.5) is 0 Å². The van der Waals surface area contributed by atoms with Gasteiger partial charge in [0.2, 0.25) is 0 Å². The van der Waals surface area contributed by atoms with Crippen LogP contribution in [0.2, 0.25) is 0 Å². The van der Waals surface area contributed by atoms with E-state index >= 15 is 0 Å². The fraction of sp³-hybridized carbons (Fsp3) is 0.125. The Labute approximate surface area is 162 Å². The lowest BCUT2D eigenvalue weighted by atomic mass is 9.82. The minimum atomic E-state index is -0.235. The van der Waals surface area contributed by atoms with Crippen LogP contribution in [0.1, 0.15) is 58.9 Å². The van der Waals surface area contributed by atoms with Gasteiger partial charge in [-0.15, -0.1) is 0 Å². The van der Waals surface area contributed by atoms with E-state index in [2.05, 4.69) is 0 Å². The summed E-state index contributed by atoms with van der Waals surface area (Å²) in [5, 5.41) is 0. The third-order valence-electron chi connectivity index (χ3n) is 5.09. The number of hydrogen-bond donors (Lipinski definition) is 0. The Morgan fingerprint density at radius 1 is 0.750 bits per heavy atom. The second kappa shape index (κ2) is 7.33. The maximum absolute atomic E-state index is 12.9. The van der Waals surface area contributed by atoms with Crippen molar-refractivity contribution in [3.05, 3.63) is 105 Å². The molecular formula is C24H18O4. The Morgan fingerprint density at radius 3 is 1.96 bits per heavy atom. The number of carbonyl (C=O) groups is 3. The number of benzene rings is 3. The average Bonchev–Trinajstić information content (AvgIpc) is 2.73. The van der Waals surface area contributed by atoms with Crippen molar-refractivity contribution in [2.75, 3.05) is 0 Å². The lowest BCUT2D eigenvalue weighted by Crippen LogP contribution is -2.21. The highest BCUT2D eigenvalue weighted by Crippen LogP contribution is 2.29. The van der Waals surface area contributed by atoms with E-state index in [1.165, 1.54) is 6.07 Å². The van der Waals surface area contributed by atoms with Gasteiger partial charge < -0.3 is 4.74 Å². The average molecular weight is 370 g/mol. The first-order chi connectivity index (χ1) is 13.6. The summed E-state index contributed by atoms with van der Waals surface area (Å²) in [6.07, 6.45) is 0.699. The van der Waals surface area contributed by atoms with Gasteiger partial charge in [-0.1, -0.05) is 48.5 Å². The largest absolute Gasteiger partial charge is 0.372 e. The van der Waals surface area contributed by atoms with Gasteiger partial charge in [-0.3, -0.25) is 14.4 Å². The van der Waals surface area contributed by atoms with Crippen molar-refractivity contribution in [2.24, 2.45) is 0 Å². The van der Waals surface area contributed by atoms with Crippen molar-refractivity contribution in [3.8, 4) is 0 Å². The first-order valence-corrected chi connectivity index (χ1v) is 9.03. The number of ketones is 2. The van der Waals surface area contributed by atoms with Crippen LogP contribution < -0.4 is 0 Å². The molecule has 138 valence electrons. The van der Waals surface area contributed by atoms with Crippen LogP contribution in [-0.4, -0.2) is 17.9 Å². The summed E-state index contributed by atoms with van der Waals surface area (Å²) in [5.74, 6) is -0.441. The summed E-state index contributed by atoms with van der Waals surface area (Å²) in [4.78, 5) is 37.2. The number of carbonyl (C=O) groups excluding carboxylic acids is 3. The third-order valence-corrected chi connectivity index (χ3v) is 5.09. The van der Waals surface area contributed by atoms with Crippen molar-refractivity contribution < 1.29 is 19.1 Å². The van der Waals surface area contributed by atoms with Gasteiger partial charge in [-0.05, 0) is 35.7 Å². The molecule has 4 rings (SSSR count). The van der Waals surface area contributed by atoms with Gasteiger partial charge in [0.05, 0.1) is 13.2 Å². The molecule has 0 fully saturated rings. The van der Waals surface area contributed by atoms with Crippen molar-refractivity contribution in [3.63, 3.8) is 0 Å². The van der Waals surface area contributed by atoms with E-state index in [9.17, 15) is 14.4 Å². The molecule has 1 aliphatic carbocycles. The maximum Gasteiger partial charge on any atom is 0.194 e. The molecule has 3 aromatic rings. The number of rotatable bonds is 5. The second-order valence-corrected chi connectivity index (χ2v) is 6.84. The van der Waals surface area contributed by atoms with E-state index in [0.29, 0.717) is 40.7 Å². The zero-order valence-electron chi connectivity index (χ0n) is 15.4. The van der Waals surface area contributed by atoms with E-state index in [4.69, 9.17) is 4.74 Å². The summed E-state index contributed by atoms with van der Waals surface area (Å²) in [5.41, 5.74) is 4.52. The number of ether oxygens (including phenoxy) is 1. The Balaban J connectivity index is 1.65. The predicted molar refractivity (Wildman–Crippen MR) is 105 cm³/mol. The number of aryl methyl sites for hydroxylation is 1. The topological polar surface area (TPSA) is 60.4 Å². The number of fused-ring (bicyclic) bond motifs is 2. The van der Waals surface area contributed by atoms with Crippen LogP contribution in [0.3, 0.4) is 0 Å². The van der Waals surface area contributed by atoms with Crippen LogP contribution in [0.25, 0.3) is 0 Å². The Bertz CT molecular complexity index is 1110. The van der Waals surface area contributed by atoms with Crippen molar-refractivity contribution >= 4 is 17.9 Å². The van der Waals surface area contributed by atoms with E-state index in [-0.39, 0.29) is 23.7 Å². The lowest BCUT2D eigenvalue weighted by molar-refractivity contribution is 0.0973. The normalized spacial score (nSPS) is 12.5. The molecular weight excluding hydrogens is 352 g/mol. The van der Waals surface area contributed by atoms with Gasteiger partial charge in [-0.25, -0.2) is 0 Å². The SMILES string of the molecule is Cc1ccccc1COCc1cc2c(cc1C=O)C(=O)c1ccccc1C2=O. The molecule has 0 N–H and O–H groups in total.